The van der Waals surface area contributed by atoms with Gasteiger partial charge in [0.1, 0.15) is 0 Å². The topological polar surface area (TPSA) is 37.3 Å². The quantitative estimate of drug-likeness (QED) is 0.292. The maximum absolute atomic E-state index is 10.5. The Morgan fingerprint density at radius 3 is 2.50 bits per heavy atom. The van der Waals surface area contributed by atoms with Crippen molar-refractivity contribution in [3.05, 3.63) is 12.2 Å². The molecule has 0 saturated heterocycles. The van der Waals surface area contributed by atoms with Gasteiger partial charge in [0.2, 0.25) is 0 Å². The number of carbonyl (C=O) groups is 1. The van der Waals surface area contributed by atoms with Gasteiger partial charge in [-0.3, -0.25) is 4.79 Å². The fraction of sp³-hybridized carbons (Fsp3) is 0.833. The Balaban J connectivity index is 5.81. The zero-order chi connectivity index (χ0) is 29.9. The highest BCUT2D eigenvalue weighted by atomic mass is 16.4. The molecule has 0 spiro atoms. The Hall–Kier alpha value is -0.790. The second-order valence-corrected chi connectivity index (χ2v) is 4.00. The average Bonchev–Trinajstić information content (AvgIpc) is 2.70. The predicted octanol–water partition coefficient (Wildman–Crippen LogP) is 6.11. The summed E-state index contributed by atoms with van der Waals surface area (Å²) >= 11 is 0. The Morgan fingerprint density at radius 2 is 1.70 bits per heavy atom. The molecule has 0 saturated carbocycles. The first-order valence-corrected chi connectivity index (χ1v) is 6.56. The lowest BCUT2D eigenvalue weighted by molar-refractivity contribution is -0.137. The summed E-state index contributed by atoms with van der Waals surface area (Å²) < 4.78 is 133. The van der Waals surface area contributed by atoms with Crippen molar-refractivity contribution in [3.63, 3.8) is 0 Å². The molecule has 0 aromatic heterocycles. The molecule has 0 heterocycles. The third-order valence-electron chi connectivity index (χ3n) is 2.35. The second-order valence-electron chi connectivity index (χ2n) is 4.00. The third kappa shape index (κ3) is 17.2. The number of aliphatic carboxylic acids is 1. The van der Waals surface area contributed by atoms with Crippen LogP contribution in [0, 0.1) is 0 Å². The summed E-state index contributed by atoms with van der Waals surface area (Å²) in [4.78, 5) is 10.5. The summed E-state index contributed by atoms with van der Waals surface area (Å²) in [5.41, 5.74) is 0. The zero-order valence-corrected chi connectivity index (χ0v) is 11.5. The Kier molecular flexibility index (Phi) is 4.18. The first-order valence-electron chi connectivity index (χ1n) is 15.1. The summed E-state index contributed by atoms with van der Waals surface area (Å²) in [6.45, 7) is -3.79. The van der Waals surface area contributed by atoms with Crippen LogP contribution in [0.2, 0.25) is 0 Å². The van der Waals surface area contributed by atoms with Gasteiger partial charge < -0.3 is 5.11 Å². The second kappa shape index (κ2) is 16.3. The van der Waals surface area contributed by atoms with Crippen molar-refractivity contribution in [2.45, 2.75) is 96.4 Å². The number of allylic oxidation sites excluding steroid dienone is 2. The molecular weight excluding hydrogens is 248 g/mol. The van der Waals surface area contributed by atoms with Crippen molar-refractivity contribution < 1.29 is 33.2 Å². The van der Waals surface area contributed by atoms with Crippen molar-refractivity contribution in [3.8, 4) is 0 Å². The van der Waals surface area contributed by atoms with Crippen LogP contribution in [-0.2, 0) is 4.79 Å². The lowest BCUT2D eigenvalue weighted by Crippen LogP contribution is -1.93. The maximum Gasteiger partial charge on any atom is 0.303 e. The van der Waals surface area contributed by atoms with Gasteiger partial charge in [0.15, 0.2) is 0 Å². The Morgan fingerprint density at radius 1 is 1.00 bits per heavy atom. The van der Waals surface area contributed by atoms with Gasteiger partial charge in [-0.2, -0.15) is 0 Å². The first kappa shape index (κ1) is 5.14. The minimum atomic E-state index is -4.28. The van der Waals surface area contributed by atoms with E-state index in [0.29, 0.717) is 38.2 Å². The summed E-state index contributed by atoms with van der Waals surface area (Å²) in [6, 6.07) is 0. The average molecular weight is 300 g/mol. The highest BCUT2D eigenvalue weighted by Crippen LogP contribution is 2.09. The van der Waals surface area contributed by atoms with Crippen molar-refractivity contribution in [2.75, 3.05) is 0 Å². The van der Waals surface area contributed by atoms with Gasteiger partial charge >= 0.3 is 5.97 Å². The lowest BCUT2D eigenvalue weighted by Gasteiger charge is -1.99. The molecule has 2 heteroatoms. The molecule has 0 fully saturated rings. The molecule has 0 aliphatic heterocycles. The van der Waals surface area contributed by atoms with Crippen LogP contribution in [-0.4, -0.2) is 11.1 Å². The molecular formula is C18H34O2. The smallest absolute Gasteiger partial charge is 0.303 e. The largest absolute Gasteiger partial charge is 0.481 e. The van der Waals surface area contributed by atoms with E-state index in [1.54, 1.807) is 0 Å². The lowest BCUT2D eigenvalue weighted by atomic mass is 10.1. The van der Waals surface area contributed by atoms with Crippen LogP contribution in [0.5, 0.6) is 0 Å². The van der Waals surface area contributed by atoms with E-state index >= 15 is 0 Å². The molecule has 0 aromatic carbocycles. The van der Waals surface area contributed by atoms with Crippen LogP contribution in [0.4, 0.5) is 0 Å². The van der Waals surface area contributed by atoms with Crippen molar-refractivity contribution in [2.24, 2.45) is 0 Å². The molecule has 0 unspecified atom stereocenters. The number of hydrogen-bond donors (Lipinski definition) is 1. The zero-order valence-electron chi connectivity index (χ0n) is 28.5. The van der Waals surface area contributed by atoms with E-state index in [-0.39, 0.29) is 12.8 Å². The van der Waals surface area contributed by atoms with E-state index in [4.69, 9.17) is 28.4 Å². The molecule has 20 heavy (non-hydrogen) atoms. The molecule has 0 atom stereocenters. The monoisotopic (exact) mass is 299 g/mol. The van der Waals surface area contributed by atoms with E-state index in [1.165, 1.54) is 6.08 Å². The van der Waals surface area contributed by atoms with Gasteiger partial charge in [0.25, 0.3) is 0 Å². The fourth-order valence-electron chi connectivity index (χ4n) is 1.41. The highest BCUT2D eigenvalue weighted by molar-refractivity contribution is 5.66. The number of hydrogen-bond acceptors (Lipinski definition) is 1. The molecule has 0 amide bonds. The van der Waals surface area contributed by atoms with Gasteiger partial charge in [-0.1, -0.05) is 70.1 Å². The van der Waals surface area contributed by atoms with Gasteiger partial charge in [-0.25, -0.2) is 0 Å². The van der Waals surface area contributed by atoms with Gasteiger partial charge in [-0.05, 0) is 32.0 Å². The predicted molar refractivity (Wildman–Crippen MR) is 87.1 cm³/mol. The SMILES string of the molecule is [2H]C([2H])([2H])C([2H])([2H])C([2H])([2H])C([2H])([2H])C([2H])([2H])C([2H])([2H])C([2H])([2H])C([2H])([2H])/C=C/CCCCCCCC(=O)O. The summed E-state index contributed by atoms with van der Waals surface area (Å²) in [5.74, 6) is -0.899. The number of carboxylic acids is 1. The molecule has 0 aliphatic rings. The molecule has 0 aliphatic carbocycles. The van der Waals surface area contributed by atoms with Gasteiger partial charge in [0.05, 0.1) is 0 Å². The summed E-state index contributed by atoms with van der Waals surface area (Å²) in [5, 5.41) is 8.58. The van der Waals surface area contributed by atoms with E-state index < -0.39 is 57.4 Å². The van der Waals surface area contributed by atoms with E-state index in [1.807, 2.05) is 0 Å². The Labute approximate surface area is 149 Å². The third-order valence-corrected chi connectivity index (χ3v) is 2.35. The van der Waals surface area contributed by atoms with Crippen LogP contribution in [0.15, 0.2) is 12.2 Å². The van der Waals surface area contributed by atoms with Crippen molar-refractivity contribution in [1.29, 1.82) is 0 Å². The minimum absolute atomic E-state index is 0.0466. The molecule has 1 N–H and O–H groups in total. The van der Waals surface area contributed by atoms with Gasteiger partial charge in [0, 0.05) is 29.7 Å². The normalized spacial score (nSPS) is 29.5. The van der Waals surface area contributed by atoms with Crippen LogP contribution in [0.25, 0.3) is 0 Å². The molecule has 0 aromatic rings. The first-order chi connectivity index (χ1) is 16.2. The standard InChI is InChI=1S/C18H34O2/c1-2-3-4-5-6-7-8-9-10-11-12-13-14-15-16-17-18(19)20/h9-10H,2-8,11-17H2,1H3,(H,19,20)/b10-9+/i1D3,2D2,3D2,4D2,5D2,6D2,7D2,8D2. The van der Waals surface area contributed by atoms with Crippen LogP contribution in [0.3, 0.4) is 0 Å². The molecule has 2 nitrogen and oxygen atoms in total. The molecule has 0 rings (SSSR count). The van der Waals surface area contributed by atoms with Gasteiger partial charge in [-0.15, -0.1) is 0 Å². The highest BCUT2D eigenvalue weighted by Gasteiger charge is 1.95. The Bertz CT molecular complexity index is 799. The minimum Gasteiger partial charge on any atom is -0.481 e. The van der Waals surface area contributed by atoms with Crippen LogP contribution < -0.4 is 0 Å². The number of unbranched alkanes of at least 4 members (excludes halogenated alkanes) is 5. The van der Waals surface area contributed by atoms with E-state index in [9.17, 15) is 4.79 Å². The fourth-order valence-corrected chi connectivity index (χ4v) is 1.41. The van der Waals surface area contributed by atoms with E-state index in [0.717, 1.165) is 0 Å². The molecule has 0 bridgehead atoms. The van der Waals surface area contributed by atoms with E-state index in [2.05, 4.69) is 0 Å². The van der Waals surface area contributed by atoms with Crippen LogP contribution in [0.1, 0.15) is 120 Å². The summed E-state index contributed by atoms with van der Waals surface area (Å²) in [7, 11) is 0. The van der Waals surface area contributed by atoms with Crippen molar-refractivity contribution >= 4 is 5.97 Å². The number of carboxylic acid groups (broad SMARTS) is 1. The summed E-state index contributed by atoms with van der Waals surface area (Å²) in [6.07, 6.45) is -22.8. The van der Waals surface area contributed by atoms with Crippen LogP contribution >= 0.6 is 0 Å². The maximum atomic E-state index is 10.5. The molecule has 118 valence electrons. The number of rotatable bonds is 15. The van der Waals surface area contributed by atoms with Crippen molar-refractivity contribution in [1.82, 2.24) is 0 Å². The molecule has 0 radical (unpaired) electrons.